The maximum Gasteiger partial charge on any atom is 0.419 e. The minimum absolute atomic E-state index is 0.00551. The van der Waals surface area contributed by atoms with Crippen LogP contribution in [0.1, 0.15) is 40.0 Å². The van der Waals surface area contributed by atoms with E-state index in [0.717, 1.165) is 17.0 Å². The number of amides is 2. The first kappa shape index (κ1) is 27.3. The van der Waals surface area contributed by atoms with Gasteiger partial charge in [-0.2, -0.15) is 26.3 Å². The normalized spacial score (nSPS) is 19.3. The predicted octanol–water partition coefficient (Wildman–Crippen LogP) is 2.31. The van der Waals surface area contributed by atoms with Gasteiger partial charge in [-0.3, -0.25) is 9.59 Å². The van der Waals surface area contributed by atoms with Crippen LogP contribution >= 0.6 is 0 Å². The quantitative estimate of drug-likeness (QED) is 0.282. The molecule has 2 aliphatic rings. The van der Waals surface area contributed by atoms with Crippen molar-refractivity contribution in [1.82, 2.24) is 19.4 Å². The molecule has 0 spiro atoms. The number of aromatic nitrogens is 3. The molecule has 2 aromatic rings. The molecule has 0 aromatic carbocycles. The van der Waals surface area contributed by atoms with Crippen LogP contribution in [0.5, 0.6) is 0 Å². The van der Waals surface area contributed by atoms with Crippen LogP contribution in [0, 0.1) is 5.41 Å². The smallest absolute Gasteiger partial charge is 0.379 e. The van der Waals surface area contributed by atoms with Crippen LogP contribution in [0.15, 0.2) is 18.6 Å². The Morgan fingerprint density at radius 2 is 1.79 bits per heavy atom. The highest BCUT2D eigenvalue weighted by Crippen LogP contribution is 2.36. The van der Waals surface area contributed by atoms with E-state index in [1.165, 1.54) is 0 Å². The highest BCUT2D eigenvalue weighted by atomic mass is 19.4. The lowest BCUT2D eigenvalue weighted by molar-refractivity contribution is -0.140. The zero-order chi connectivity index (χ0) is 27.8. The van der Waals surface area contributed by atoms with E-state index in [1.54, 1.807) is 9.80 Å². The van der Waals surface area contributed by atoms with E-state index in [2.05, 4.69) is 9.97 Å². The Bertz CT molecular complexity index is 1210. The fourth-order valence-corrected chi connectivity index (χ4v) is 4.72. The highest BCUT2D eigenvalue weighted by Gasteiger charge is 2.49. The predicted molar refractivity (Wildman–Crippen MR) is 120 cm³/mol. The highest BCUT2D eigenvalue weighted by molar-refractivity contribution is 6.02. The molecule has 4 rings (SSSR count). The van der Waals surface area contributed by atoms with Crippen LogP contribution in [-0.2, 0) is 28.4 Å². The Morgan fingerprint density at radius 1 is 1.11 bits per heavy atom. The SMILES string of the molecule is N=Cc1c(C(N)=O)c(C(F)(F)F)cn1CCOCCC(=O)N1C[C@@H]2[C@H]1CCN2c1ncc(C(F)(F)F)cn1. The maximum atomic E-state index is 13.2. The summed E-state index contributed by atoms with van der Waals surface area (Å²) in [6.45, 7) is 0.653. The fraction of sp³-hybridized carbons (Fsp3) is 0.500. The number of hydrogen-bond acceptors (Lipinski definition) is 7. The van der Waals surface area contributed by atoms with Crippen molar-refractivity contribution in [2.45, 2.75) is 43.8 Å². The zero-order valence-corrected chi connectivity index (χ0v) is 19.7. The Kier molecular flexibility index (Phi) is 7.36. The summed E-state index contributed by atoms with van der Waals surface area (Å²) in [6, 6.07) is -0.233. The Balaban J connectivity index is 1.25. The summed E-state index contributed by atoms with van der Waals surface area (Å²) in [5, 5.41) is 7.38. The van der Waals surface area contributed by atoms with Crippen molar-refractivity contribution < 1.29 is 40.7 Å². The average Bonchev–Trinajstić information content (AvgIpc) is 3.36. The van der Waals surface area contributed by atoms with E-state index < -0.39 is 35.0 Å². The van der Waals surface area contributed by atoms with Gasteiger partial charge < -0.3 is 30.2 Å². The standard InChI is InChI=1S/C22H23F6N7O3/c23-21(24,25)12-8-31-20(32-9-12)34-3-1-14-16(34)11-35(14)17(36)2-5-38-6-4-33-10-13(22(26,27)28)18(19(30)37)15(33)7-29/h7-10,14,16,29H,1-6,11H2,(H2,30,37)/t14-,16-/m1/s1. The van der Waals surface area contributed by atoms with Crippen molar-refractivity contribution in [1.29, 1.82) is 5.41 Å². The lowest BCUT2D eigenvalue weighted by atomic mass is 9.96. The molecule has 0 radical (unpaired) electrons. The monoisotopic (exact) mass is 547 g/mol. The van der Waals surface area contributed by atoms with Crippen molar-refractivity contribution >= 4 is 24.0 Å². The van der Waals surface area contributed by atoms with Crippen molar-refractivity contribution in [3.8, 4) is 0 Å². The lowest BCUT2D eigenvalue weighted by Gasteiger charge is -2.46. The second-order valence-corrected chi connectivity index (χ2v) is 8.80. The summed E-state index contributed by atoms with van der Waals surface area (Å²) in [4.78, 5) is 35.2. The zero-order valence-electron chi connectivity index (χ0n) is 19.7. The molecule has 16 heteroatoms. The number of anilines is 1. The number of halogens is 6. The molecule has 0 unspecified atom stereocenters. The fourth-order valence-electron chi connectivity index (χ4n) is 4.72. The van der Waals surface area contributed by atoms with E-state index in [0.29, 0.717) is 31.9 Å². The number of fused-ring (bicyclic) bond motifs is 1. The molecule has 4 heterocycles. The number of hydrogen-bond donors (Lipinski definition) is 2. The summed E-state index contributed by atoms with van der Waals surface area (Å²) in [5.41, 5.74) is 1.82. The molecule has 38 heavy (non-hydrogen) atoms. The second-order valence-electron chi connectivity index (χ2n) is 8.80. The number of carbonyl (C=O) groups is 2. The van der Waals surface area contributed by atoms with E-state index in [4.69, 9.17) is 15.9 Å². The van der Waals surface area contributed by atoms with E-state index in [-0.39, 0.29) is 55.8 Å². The molecule has 2 amide bonds. The van der Waals surface area contributed by atoms with Crippen molar-refractivity contribution in [3.05, 3.63) is 41.0 Å². The molecule has 0 bridgehead atoms. The van der Waals surface area contributed by atoms with Gasteiger partial charge >= 0.3 is 12.4 Å². The van der Waals surface area contributed by atoms with Gasteiger partial charge in [0, 0.05) is 44.4 Å². The summed E-state index contributed by atoms with van der Waals surface area (Å²) in [6.07, 6.45) is -5.98. The molecule has 10 nitrogen and oxygen atoms in total. The Hall–Kier alpha value is -3.69. The summed E-state index contributed by atoms with van der Waals surface area (Å²) >= 11 is 0. The minimum atomic E-state index is -4.83. The van der Waals surface area contributed by atoms with Crippen LogP contribution in [0.3, 0.4) is 0 Å². The maximum absolute atomic E-state index is 13.2. The molecular formula is C22H23F6N7O3. The third-order valence-electron chi connectivity index (χ3n) is 6.58. The topological polar surface area (TPSA) is 130 Å². The number of nitrogens with two attached hydrogens (primary N) is 1. The van der Waals surface area contributed by atoms with Gasteiger partial charge in [-0.05, 0) is 6.42 Å². The van der Waals surface area contributed by atoms with E-state index in [1.807, 2.05) is 0 Å². The van der Waals surface area contributed by atoms with Crippen LogP contribution < -0.4 is 10.6 Å². The lowest BCUT2D eigenvalue weighted by Crippen LogP contribution is -2.64. The van der Waals surface area contributed by atoms with Gasteiger partial charge in [-0.1, -0.05) is 0 Å². The number of nitrogens with one attached hydrogen (secondary N) is 1. The number of ether oxygens (including phenoxy) is 1. The van der Waals surface area contributed by atoms with Crippen molar-refractivity contribution in [2.24, 2.45) is 5.73 Å². The summed E-state index contributed by atoms with van der Waals surface area (Å²) < 4.78 is 84.3. The molecule has 2 aromatic heterocycles. The molecule has 2 saturated heterocycles. The average molecular weight is 547 g/mol. The second kappa shape index (κ2) is 10.2. The molecule has 2 fully saturated rings. The number of carbonyl (C=O) groups excluding carboxylic acids is 2. The van der Waals surface area contributed by atoms with Crippen molar-refractivity contribution in [2.75, 3.05) is 31.2 Å². The van der Waals surface area contributed by atoms with Crippen molar-refractivity contribution in [3.63, 3.8) is 0 Å². The third-order valence-corrected chi connectivity index (χ3v) is 6.58. The minimum Gasteiger partial charge on any atom is -0.379 e. The van der Waals surface area contributed by atoms with Gasteiger partial charge in [-0.15, -0.1) is 0 Å². The first-order valence-electron chi connectivity index (χ1n) is 11.5. The van der Waals surface area contributed by atoms with E-state index in [9.17, 15) is 35.9 Å². The molecule has 2 atom stereocenters. The van der Waals surface area contributed by atoms with Crippen LogP contribution in [0.4, 0.5) is 32.3 Å². The van der Waals surface area contributed by atoms with Gasteiger partial charge in [0.05, 0.1) is 54.1 Å². The van der Waals surface area contributed by atoms with Gasteiger partial charge in [0.2, 0.25) is 11.9 Å². The Labute approximate surface area is 211 Å². The third kappa shape index (κ3) is 5.30. The van der Waals surface area contributed by atoms with Gasteiger partial charge in [0.15, 0.2) is 0 Å². The largest absolute Gasteiger partial charge is 0.419 e. The molecular weight excluding hydrogens is 524 g/mol. The molecule has 2 aliphatic heterocycles. The number of primary amides is 1. The summed E-state index contributed by atoms with van der Waals surface area (Å²) in [7, 11) is 0. The van der Waals surface area contributed by atoms with Crippen LogP contribution in [0.25, 0.3) is 0 Å². The van der Waals surface area contributed by atoms with Crippen LogP contribution in [0.2, 0.25) is 0 Å². The number of alkyl halides is 6. The van der Waals surface area contributed by atoms with Gasteiger partial charge in [-0.25, -0.2) is 9.97 Å². The first-order chi connectivity index (χ1) is 17.8. The summed E-state index contributed by atoms with van der Waals surface area (Å²) in [5.74, 6) is -1.33. The number of likely N-dealkylation sites (tertiary alicyclic amines) is 1. The molecule has 206 valence electrons. The van der Waals surface area contributed by atoms with Gasteiger partial charge in [0.1, 0.15) is 0 Å². The molecule has 3 N–H and O–H groups in total. The molecule has 0 saturated carbocycles. The number of rotatable bonds is 9. The number of nitrogens with zero attached hydrogens (tertiary/aromatic N) is 5. The Morgan fingerprint density at radius 3 is 2.37 bits per heavy atom. The van der Waals surface area contributed by atoms with Gasteiger partial charge in [0.25, 0.3) is 5.91 Å². The molecule has 0 aliphatic carbocycles. The van der Waals surface area contributed by atoms with E-state index >= 15 is 0 Å². The van der Waals surface area contributed by atoms with Crippen LogP contribution in [-0.4, -0.2) is 75.9 Å². The first-order valence-corrected chi connectivity index (χ1v) is 11.5.